The van der Waals surface area contributed by atoms with Crippen molar-refractivity contribution in [2.24, 2.45) is 0 Å². The van der Waals surface area contributed by atoms with Crippen molar-refractivity contribution in [2.75, 3.05) is 13.7 Å². The van der Waals surface area contributed by atoms with Gasteiger partial charge < -0.3 is 14.1 Å². The van der Waals surface area contributed by atoms with Crippen LogP contribution in [-0.4, -0.2) is 24.5 Å². The summed E-state index contributed by atoms with van der Waals surface area (Å²) in [6.07, 6.45) is 0.582. The van der Waals surface area contributed by atoms with Gasteiger partial charge in [-0.25, -0.2) is 4.39 Å². The molecule has 0 spiro atoms. The molecule has 5 rings (SSSR count). The number of amides is 1. The molecule has 166 valence electrons. The Morgan fingerprint density at radius 1 is 1.03 bits per heavy atom. The van der Waals surface area contributed by atoms with Gasteiger partial charge in [0.25, 0.3) is 5.91 Å². The molecular weight excluding hydrogens is 489 g/mol. The summed E-state index contributed by atoms with van der Waals surface area (Å²) in [6.45, 7) is 0.375. The van der Waals surface area contributed by atoms with Gasteiger partial charge in [-0.2, -0.15) is 0 Å². The van der Waals surface area contributed by atoms with Crippen LogP contribution in [0.25, 0.3) is 11.0 Å². The van der Waals surface area contributed by atoms with E-state index in [0.29, 0.717) is 13.0 Å². The van der Waals surface area contributed by atoms with Gasteiger partial charge in [-0.1, -0.05) is 40.2 Å². The van der Waals surface area contributed by atoms with Crippen LogP contribution in [0.2, 0.25) is 0 Å². The van der Waals surface area contributed by atoms with Crippen LogP contribution in [0, 0.1) is 5.82 Å². The van der Waals surface area contributed by atoms with Crippen LogP contribution >= 0.6 is 15.9 Å². The van der Waals surface area contributed by atoms with Crippen LogP contribution in [0.4, 0.5) is 4.39 Å². The summed E-state index contributed by atoms with van der Waals surface area (Å²) < 4.78 is 25.8. The fraction of sp³-hybridized carbons (Fsp3) is 0.154. The first-order valence-corrected chi connectivity index (χ1v) is 11.2. The summed E-state index contributed by atoms with van der Waals surface area (Å²) in [5.41, 5.74) is 1.86. The maximum absolute atomic E-state index is 13.9. The van der Waals surface area contributed by atoms with Crippen molar-refractivity contribution >= 4 is 32.8 Å². The first-order valence-electron chi connectivity index (χ1n) is 10.4. The highest BCUT2D eigenvalue weighted by molar-refractivity contribution is 9.10. The van der Waals surface area contributed by atoms with Crippen molar-refractivity contribution in [2.45, 2.75) is 12.5 Å². The van der Waals surface area contributed by atoms with E-state index in [1.807, 2.05) is 48.5 Å². The van der Waals surface area contributed by atoms with Crippen LogP contribution in [-0.2, 0) is 6.42 Å². The summed E-state index contributed by atoms with van der Waals surface area (Å²) in [4.78, 5) is 28.5. The van der Waals surface area contributed by atoms with Crippen LogP contribution in [0.5, 0.6) is 5.75 Å². The lowest BCUT2D eigenvalue weighted by Crippen LogP contribution is -2.31. The van der Waals surface area contributed by atoms with E-state index < -0.39 is 11.9 Å². The van der Waals surface area contributed by atoms with E-state index in [1.165, 1.54) is 12.1 Å². The number of benzene rings is 3. The molecular formula is C26H19BrFNO4. The highest BCUT2D eigenvalue weighted by Crippen LogP contribution is 2.38. The molecule has 1 atom stereocenters. The monoisotopic (exact) mass is 507 g/mol. The normalized spacial score (nSPS) is 15.2. The van der Waals surface area contributed by atoms with Crippen molar-refractivity contribution in [1.29, 1.82) is 0 Å². The predicted octanol–water partition coefficient (Wildman–Crippen LogP) is 5.49. The fourth-order valence-electron chi connectivity index (χ4n) is 4.26. The van der Waals surface area contributed by atoms with E-state index >= 15 is 0 Å². The molecule has 1 amide bonds. The molecule has 4 aromatic rings. The standard InChI is InChI=1S/C26H19BrFNO4/c1-32-19-9-2-15(3-10-19)12-13-29-23(16-4-6-17(27)7-5-16)22-24(30)20-14-18(28)8-11-21(20)33-25(22)26(29)31/h2-11,14,23H,12-13H2,1H3. The van der Waals surface area contributed by atoms with Gasteiger partial charge in [-0.05, 0) is 60.0 Å². The molecule has 1 aliphatic rings. The third-order valence-electron chi connectivity index (χ3n) is 5.91. The van der Waals surface area contributed by atoms with Gasteiger partial charge in [0.05, 0.1) is 24.1 Å². The van der Waals surface area contributed by atoms with Gasteiger partial charge in [-0.3, -0.25) is 9.59 Å². The van der Waals surface area contributed by atoms with Crippen LogP contribution in [0.15, 0.2) is 80.4 Å². The number of nitrogens with zero attached hydrogens (tertiary/aromatic N) is 1. The number of hydrogen-bond acceptors (Lipinski definition) is 4. The number of hydrogen-bond donors (Lipinski definition) is 0. The number of carbonyl (C=O) groups excluding carboxylic acids is 1. The minimum absolute atomic E-state index is 0.0155. The third kappa shape index (κ3) is 3.82. The van der Waals surface area contributed by atoms with Gasteiger partial charge >= 0.3 is 0 Å². The maximum Gasteiger partial charge on any atom is 0.290 e. The zero-order chi connectivity index (χ0) is 23.1. The van der Waals surface area contributed by atoms with E-state index in [-0.39, 0.29) is 33.6 Å². The topological polar surface area (TPSA) is 59.8 Å². The van der Waals surface area contributed by atoms with Crippen molar-refractivity contribution in [3.05, 3.63) is 110 Å². The van der Waals surface area contributed by atoms with Crippen molar-refractivity contribution < 1.29 is 18.3 Å². The predicted molar refractivity (Wildman–Crippen MR) is 126 cm³/mol. The van der Waals surface area contributed by atoms with Crippen molar-refractivity contribution in [1.82, 2.24) is 4.90 Å². The number of carbonyl (C=O) groups is 1. The van der Waals surface area contributed by atoms with Crippen LogP contribution in [0.1, 0.15) is 33.3 Å². The number of fused-ring (bicyclic) bond motifs is 2. The molecule has 1 aromatic heterocycles. The summed E-state index contributed by atoms with van der Waals surface area (Å²) in [7, 11) is 1.61. The minimum atomic E-state index is -0.622. The molecule has 0 fully saturated rings. The second-order valence-electron chi connectivity index (χ2n) is 7.87. The molecule has 0 bridgehead atoms. The van der Waals surface area contributed by atoms with Gasteiger partial charge in [0, 0.05) is 11.0 Å². The Kier molecular flexibility index (Phi) is 5.50. The van der Waals surface area contributed by atoms with E-state index in [2.05, 4.69) is 15.9 Å². The molecule has 3 aromatic carbocycles. The Hall–Kier alpha value is -3.45. The molecule has 0 radical (unpaired) electrons. The Balaban J connectivity index is 1.60. The molecule has 1 aliphatic heterocycles. The Labute approximate surface area is 197 Å². The van der Waals surface area contributed by atoms with Gasteiger partial charge in [0.1, 0.15) is 17.1 Å². The molecule has 0 N–H and O–H groups in total. The number of halogens is 2. The largest absolute Gasteiger partial charge is 0.497 e. The van der Waals surface area contributed by atoms with Gasteiger partial charge in [0.2, 0.25) is 5.76 Å². The lowest BCUT2D eigenvalue weighted by molar-refractivity contribution is 0.0730. The minimum Gasteiger partial charge on any atom is -0.497 e. The average molecular weight is 508 g/mol. The summed E-state index contributed by atoms with van der Waals surface area (Å²) >= 11 is 3.43. The molecule has 5 nitrogen and oxygen atoms in total. The number of rotatable bonds is 5. The van der Waals surface area contributed by atoms with Gasteiger partial charge in [0.15, 0.2) is 5.43 Å². The van der Waals surface area contributed by atoms with Crippen molar-refractivity contribution in [3.63, 3.8) is 0 Å². The summed E-state index contributed by atoms with van der Waals surface area (Å²) in [6, 6.07) is 18.2. The number of methoxy groups -OCH3 is 1. The molecule has 7 heteroatoms. The van der Waals surface area contributed by atoms with Gasteiger partial charge in [-0.15, -0.1) is 0 Å². The Bertz CT molecular complexity index is 1410. The first kappa shape index (κ1) is 21.4. The molecule has 1 unspecified atom stereocenters. The van der Waals surface area contributed by atoms with Crippen molar-refractivity contribution in [3.8, 4) is 5.75 Å². The molecule has 0 saturated heterocycles. The molecule has 2 heterocycles. The summed E-state index contributed by atoms with van der Waals surface area (Å²) in [5.74, 6) is -0.114. The second kappa shape index (κ2) is 8.48. The highest BCUT2D eigenvalue weighted by Gasteiger charge is 2.42. The zero-order valence-electron chi connectivity index (χ0n) is 17.7. The highest BCUT2D eigenvalue weighted by atomic mass is 79.9. The van der Waals surface area contributed by atoms with Crippen LogP contribution < -0.4 is 10.2 Å². The Morgan fingerprint density at radius 3 is 2.45 bits per heavy atom. The molecule has 33 heavy (non-hydrogen) atoms. The molecule has 0 aliphatic carbocycles. The van der Waals surface area contributed by atoms with E-state index in [1.54, 1.807) is 12.0 Å². The first-order chi connectivity index (χ1) is 16.0. The SMILES string of the molecule is COc1ccc(CCN2C(=O)c3oc4ccc(F)cc4c(=O)c3C2c2ccc(Br)cc2)cc1. The van der Waals surface area contributed by atoms with E-state index in [9.17, 15) is 14.0 Å². The maximum atomic E-state index is 13.9. The fourth-order valence-corrected chi connectivity index (χ4v) is 4.52. The van der Waals surface area contributed by atoms with Crippen LogP contribution in [0.3, 0.4) is 0 Å². The average Bonchev–Trinajstić information content (AvgIpc) is 3.11. The second-order valence-corrected chi connectivity index (χ2v) is 8.78. The van der Waals surface area contributed by atoms with E-state index in [0.717, 1.165) is 27.4 Å². The third-order valence-corrected chi connectivity index (χ3v) is 6.44. The quantitative estimate of drug-likeness (QED) is 0.358. The zero-order valence-corrected chi connectivity index (χ0v) is 19.3. The van der Waals surface area contributed by atoms with E-state index in [4.69, 9.17) is 9.15 Å². The number of ether oxygens (including phenoxy) is 1. The lowest BCUT2D eigenvalue weighted by atomic mass is 9.98. The lowest BCUT2D eigenvalue weighted by Gasteiger charge is -2.25. The molecule has 0 saturated carbocycles. The smallest absolute Gasteiger partial charge is 0.290 e. The summed E-state index contributed by atoms with van der Waals surface area (Å²) in [5, 5.41) is 0.126. The Morgan fingerprint density at radius 2 is 1.76 bits per heavy atom.